The zero-order chi connectivity index (χ0) is 12.2. The van der Waals surface area contributed by atoms with Crippen molar-refractivity contribution in [1.29, 1.82) is 0 Å². The Kier molecular flexibility index (Phi) is 3.57. The van der Waals surface area contributed by atoms with Crippen LogP contribution in [0.1, 0.15) is 10.6 Å². The van der Waals surface area contributed by atoms with Crippen molar-refractivity contribution in [1.82, 2.24) is 10.3 Å². The van der Waals surface area contributed by atoms with E-state index in [9.17, 15) is 0 Å². The molecule has 0 aliphatic carbocycles. The molecule has 2 heterocycles. The molecule has 1 N–H and O–H groups in total. The highest BCUT2D eigenvalue weighted by Crippen LogP contribution is 2.24. The van der Waals surface area contributed by atoms with Crippen molar-refractivity contribution in [3.8, 4) is 0 Å². The smallest absolute Gasteiger partial charge is 0.0969 e. The lowest BCUT2D eigenvalue weighted by molar-refractivity contribution is 0.588. The van der Waals surface area contributed by atoms with Crippen molar-refractivity contribution in [2.75, 3.05) is 31.1 Å². The third-order valence-electron chi connectivity index (χ3n) is 3.27. The molecule has 1 aromatic carbocycles. The lowest BCUT2D eigenvalue weighted by atomic mass is 10.1. The number of benzene rings is 1. The SMILES string of the molecule is c1ccc(N2CCNCC2)c(Cc2nccs2)c1. The molecule has 0 amide bonds. The summed E-state index contributed by atoms with van der Waals surface area (Å²) in [5, 5.41) is 6.63. The summed E-state index contributed by atoms with van der Waals surface area (Å²) in [6.45, 7) is 4.33. The molecule has 3 nitrogen and oxygen atoms in total. The van der Waals surface area contributed by atoms with Gasteiger partial charge in [0, 0.05) is 49.9 Å². The van der Waals surface area contributed by atoms with Crippen molar-refractivity contribution in [3.05, 3.63) is 46.4 Å². The summed E-state index contributed by atoms with van der Waals surface area (Å²) in [7, 11) is 0. The van der Waals surface area contributed by atoms with Crippen LogP contribution in [0.25, 0.3) is 0 Å². The van der Waals surface area contributed by atoms with Gasteiger partial charge >= 0.3 is 0 Å². The average Bonchev–Trinajstić information content (AvgIpc) is 2.93. The Hall–Kier alpha value is -1.39. The van der Waals surface area contributed by atoms with Gasteiger partial charge in [0.15, 0.2) is 0 Å². The molecule has 0 atom stereocenters. The number of rotatable bonds is 3. The van der Waals surface area contributed by atoms with E-state index in [4.69, 9.17) is 0 Å². The highest BCUT2D eigenvalue weighted by molar-refractivity contribution is 7.09. The van der Waals surface area contributed by atoms with Crippen LogP contribution in [0.2, 0.25) is 0 Å². The van der Waals surface area contributed by atoms with Crippen LogP contribution in [0, 0.1) is 0 Å². The fraction of sp³-hybridized carbons (Fsp3) is 0.357. The summed E-state index contributed by atoms with van der Waals surface area (Å²) < 4.78 is 0. The number of para-hydroxylation sites is 1. The van der Waals surface area contributed by atoms with Crippen LogP contribution in [0.15, 0.2) is 35.8 Å². The standard InChI is InChI=1S/C14H17N3S/c1-2-4-13(17-8-5-15-6-9-17)12(3-1)11-14-16-7-10-18-14/h1-4,7,10,15H,5-6,8-9,11H2. The van der Waals surface area contributed by atoms with Crippen molar-refractivity contribution < 1.29 is 0 Å². The first-order valence-corrected chi connectivity index (χ1v) is 7.23. The minimum Gasteiger partial charge on any atom is -0.369 e. The molecule has 1 aromatic heterocycles. The number of hydrogen-bond donors (Lipinski definition) is 1. The van der Waals surface area contributed by atoms with E-state index in [0.29, 0.717) is 0 Å². The first kappa shape index (κ1) is 11.7. The normalized spacial score (nSPS) is 15.9. The highest BCUT2D eigenvalue weighted by Gasteiger charge is 2.14. The second-order valence-electron chi connectivity index (χ2n) is 4.47. The minimum absolute atomic E-state index is 0.942. The van der Waals surface area contributed by atoms with Gasteiger partial charge in [-0.15, -0.1) is 11.3 Å². The molecular formula is C14H17N3S. The molecule has 0 radical (unpaired) electrons. The fourth-order valence-corrected chi connectivity index (χ4v) is 3.02. The van der Waals surface area contributed by atoms with Gasteiger partial charge in [-0.05, 0) is 11.6 Å². The zero-order valence-electron chi connectivity index (χ0n) is 10.3. The van der Waals surface area contributed by atoms with Crippen molar-refractivity contribution in [3.63, 3.8) is 0 Å². The summed E-state index contributed by atoms with van der Waals surface area (Å²) >= 11 is 1.73. The molecule has 2 aromatic rings. The number of aromatic nitrogens is 1. The summed E-state index contributed by atoms with van der Waals surface area (Å²) in [6.07, 6.45) is 2.82. The number of piperazine rings is 1. The Morgan fingerprint density at radius 1 is 1.22 bits per heavy atom. The third kappa shape index (κ3) is 2.54. The van der Waals surface area contributed by atoms with Crippen LogP contribution in [0.3, 0.4) is 0 Å². The van der Waals surface area contributed by atoms with Gasteiger partial charge in [0.25, 0.3) is 0 Å². The Morgan fingerprint density at radius 2 is 2.06 bits per heavy atom. The zero-order valence-corrected chi connectivity index (χ0v) is 11.1. The van der Waals surface area contributed by atoms with Crippen molar-refractivity contribution in [2.24, 2.45) is 0 Å². The monoisotopic (exact) mass is 259 g/mol. The highest BCUT2D eigenvalue weighted by atomic mass is 32.1. The molecule has 1 aliphatic heterocycles. The molecule has 1 fully saturated rings. The molecule has 18 heavy (non-hydrogen) atoms. The van der Waals surface area contributed by atoms with Gasteiger partial charge in [0.05, 0.1) is 5.01 Å². The van der Waals surface area contributed by atoms with Gasteiger partial charge in [-0.25, -0.2) is 4.98 Å². The second-order valence-corrected chi connectivity index (χ2v) is 5.45. The first-order valence-electron chi connectivity index (χ1n) is 6.35. The van der Waals surface area contributed by atoms with E-state index in [1.807, 2.05) is 11.6 Å². The molecular weight excluding hydrogens is 242 g/mol. The summed E-state index contributed by atoms with van der Waals surface area (Å²) in [4.78, 5) is 6.86. The van der Waals surface area contributed by atoms with Crippen LogP contribution < -0.4 is 10.2 Å². The van der Waals surface area contributed by atoms with Gasteiger partial charge in [0.1, 0.15) is 0 Å². The summed E-state index contributed by atoms with van der Waals surface area (Å²) in [6, 6.07) is 8.70. The number of nitrogens with one attached hydrogen (secondary N) is 1. The van der Waals surface area contributed by atoms with E-state index in [2.05, 4.69) is 39.5 Å². The van der Waals surface area contributed by atoms with Gasteiger partial charge in [0.2, 0.25) is 0 Å². The molecule has 3 rings (SSSR count). The van der Waals surface area contributed by atoms with E-state index in [0.717, 1.165) is 32.6 Å². The van der Waals surface area contributed by atoms with Gasteiger partial charge in [-0.2, -0.15) is 0 Å². The fourth-order valence-electron chi connectivity index (χ4n) is 2.38. The van der Waals surface area contributed by atoms with E-state index in [1.165, 1.54) is 16.3 Å². The molecule has 0 spiro atoms. The largest absolute Gasteiger partial charge is 0.369 e. The van der Waals surface area contributed by atoms with E-state index in [-0.39, 0.29) is 0 Å². The van der Waals surface area contributed by atoms with Crippen LogP contribution >= 0.6 is 11.3 Å². The lowest BCUT2D eigenvalue weighted by Crippen LogP contribution is -2.43. The predicted octanol–water partition coefficient (Wildman–Crippen LogP) is 2.14. The van der Waals surface area contributed by atoms with Gasteiger partial charge in [-0.1, -0.05) is 18.2 Å². The third-order valence-corrected chi connectivity index (χ3v) is 4.05. The number of nitrogens with zero attached hydrogens (tertiary/aromatic N) is 2. The maximum absolute atomic E-state index is 4.39. The van der Waals surface area contributed by atoms with Gasteiger partial charge < -0.3 is 10.2 Å². The molecule has 4 heteroatoms. The Balaban J connectivity index is 1.84. The van der Waals surface area contributed by atoms with Crippen molar-refractivity contribution in [2.45, 2.75) is 6.42 Å². The average molecular weight is 259 g/mol. The topological polar surface area (TPSA) is 28.2 Å². The van der Waals surface area contributed by atoms with Crippen LogP contribution in [-0.4, -0.2) is 31.2 Å². The maximum atomic E-state index is 4.39. The Labute approximate surface area is 111 Å². The Morgan fingerprint density at radius 3 is 2.83 bits per heavy atom. The molecule has 94 valence electrons. The molecule has 1 saturated heterocycles. The van der Waals surface area contributed by atoms with E-state index >= 15 is 0 Å². The lowest BCUT2D eigenvalue weighted by Gasteiger charge is -2.31. The number of anilines is 1. The quantitative estimate of drug-likeness (QED) is 0.915. The second kappa shape index (κ2) is 5.50. The first-order chi connectivity index (χ1) is 8.93. The molecule has 0 unspecified atom stereocenters. The number of hydrogen-bond acceptors (Lipinski definition) is 4. The summed E-state index contributed by atoms with van der Waals surface area (Å²) in [5.74, 6) is 0. The predicted molar refractivity (Wildman–Crippen MR) is 76.4 cm³/mol. The van der Waals surface area contributed by atoms with Crippen molar-refractivity contribution >= 4 is 17.0 Å². The van der Waals surface area contributed by atoms with Gasteiger partial charge in [-0.3, -0.25) is 0 Å². The van der Waals surface area contributed by atoms with E-state index < -0.39 is 0 Å². The number of thiazole rings is 1. The molecule has 0 bridgehead atoms. The van der Waals surface area contributed by atoms with Crippen LogP contribution in [0.5, 0.6) is 0 Å². The minimum atomic E-state index is 0.942. The molecule has 1 aliphatic rings. The Bertz CT molecular complexity index is 490. The molecule has 0 saturated carbocycles. The van der Waals surface area contributed by atoms with Crippen LogP contribution in [-0.2, 0) is 6.42 Å². The summed E-state index contributed by atoms with van der Waals surface area (Å²) in [5.41, 5.74) is 2.75. The van der Waals surface area contributed by atoms with Crippen LogP contribution in [0.4, 0.5) is 5.69 Å². The van der Waals surface area contributed by atoms with E-state index in [1.54, 1.807) is 11.3 Å². The maximum Gasteiger partial charge on any atom is 0.0969 e.